The summed E-state index contributed by atoms with van der Waals surface area (Å²) >= 11 is 3.39. The molecule has 0 atom stereocenters. The van der Waals surface area contributed by atoms with Gasteiger partial charge in [0.1, 0.15) is 0 Å². The number of fused-ring (bicyclic) bond motifs is 1. The van der Waals surface area contributed by atoms with Gasteiger partial charge in [0.15, 0.2) is 0 Å². The number of rotatable bonds is 1. The lowest BCUT2D eigenvalue weighted by Gasteiger charge is -2.06. The predicted octanol–water partition coefficient (Wildman–Crippen LogP) is 0.688. The first-order valence-electron chi connectivity index (χ1n) is 4.32. The summed E-state index contributed by atoms with van der Waals surface area (Å²) in [6.45, 7) is -0.325. The molecule has 2 nitrogen and oxygen atoms in total. The molecule has 2 N–H and O–H groups in total. The third kappa shape index (κ3) is 1.54. The van der Waals surface area contributed by atoms with Gasteiger partial charge in [0.25, 0.3) is 0 Å². The first kappa shape index (κ1) is 9.25. The van der Waals surface area contributed by atoms with Crippen LogP contribution >= 0.6 is 15.9 Å². The molecule has 0 radical (unpaired) electrons. The Hall–Kier alpha value is -0.315. The standard InChI is InChI=1S/C9H10BBrO2/c11-9-4-6-1-2-10(13)8(6)3-7(9)5-12/h3-4,12-13H,1-2,5H2. The van der Waals surface area contributed by atoms with Gasteiger partial charge in [-0.1, -0.05) is 27.6 Å². The van der Waals surface area contributed by atoms with E-state index in [9.17, 15) is 5.02 Å². The van der Waals surface area contributed by atoms with E-state index < -0.39 is 0 Å². The fourth-order valence-corrected chi connectivity index (χ4v) is 2.29. The van der Waals surface area contributed by atoms with Crippen molar-refractivity contribution in [1.29, 1.82) is 0 Å². The molecule has 1 heterocycles. The molecule has 0 aromatic heterocycles. The third-order valence-corrected chi connectivity index (χ3v) is 3.26. The fraction of sp³-hybridized carbons (Fsp3) is 0.333. The van der Waals surface area contributed by atoms with Gasteiger partial charge in [0.2, 0.25) is 0 Å². The maximum Gasteiger partial charge on any atom is 0.324 e. The highest BCUT2D eigenvalue weighted by atomic mass is 79.9. The summed E-state index contributed by atoms with van der Waals surface area (Å²) in [6, 6.07) is 3.88. The molecule has 1 aliphatic heterocycles. The highest BCUT2D eigenvalue weighted by Gasteiger charge is 2.25. The molecule has 1 aromatic carbocycles. The van der Waals surface area contributed by atoms with Gasteiger partial charge in [-0.15, -0.1) is 0 Å². The zero-order valence-electron chi connectivity index (χ0n) is 7.13. The summed E-state index contributed by atoms with van der Waals surface area (Å²) in [4.78, 5) is 0. The lowest BCUT2D eigenvalue weighted by molar-refractivity contribution is 0.281. The Bertz CT molecular complexity index is 341. The largest absolute Gasteiger partial charge is 0.446 e. The minimum Gasteiger partial charge on any atom is -0.446 e. The number of aliphatic hydroxyl groups is 1. The van der Waals surface area contributed by atoms with Crippen LogP contribution < -0.4 is 5.46 Å². The van der Waals surface area contributed by atoms with Crippen molar-refractivity contribution in [1.82, 2.24) is 0 Å². The average molecular weight is 241 g/mol. The third-order valence-electron chi connectivity index (χ3n) is 2.52. The molecule has 0 aliphatic carbocycles. The Morgan fingerprint density at radius 1 is 1.46 bits per heavy atom. The summed E-state index contributed by atoms with van der Waals surface area (Å²) in [5.74, 6) is 0. The van der Waals surface area contributed by atoms with Crippen LogP contribution in [0.4, 0.5) is 0 Å². The SMILES string of the molecule is OCc1cc2c(cc1Br)CCB2O. The van der Waals surface area contributed by atoms with Crippen LogP contribution in [0.5, 0.6) is 0 Å². The number of hydrogen-bond donors (Lipinski definition) is 2. The van der Waals surface area contributed by atoms with E-state index in [4.69, 9.17) is 5.11 Å². The maximum atomic E-state index is 9.60. The molecule has 0 unspecified atom stereocenters. The second-order valence-electron chi connectivity index (χ2n) is 3.36. The van der Waals surface area contributed by atoms with Crippen molar-refractivity contribution >= 4 is 28.3 Å². The van der Waals surface area contributed by atoms with Crippen molar-refractivity contribution in [3.05, 3.63) is 27.7 Å². The topological polar surface area (TPSA) is 40.5 Å². The number of halogens is 1. The Morgan fingerprint density at radius 3 is 2.92 bits per heavy atom. The number of aryl methyl sites for hydroxylation is 1. The van der Waals surface area contributed by atoms with Crippen molar-refractivity contribution in [2.75, 3.05) is 0 Å². The van der Waals surface area contributed by atoms with Gasteiger partial charge in [0.05, 0.1) is 6.61 Å². The van der Waals surface area contributed by atoms with Crippen LogP contribution in [-0.2, 0) is 13.0 Å². The smallest absolute Gasteiger partial charge is 0.324 e. The molecule has 4 heteroatoms. The molecule has 0 bridgehead atoms. The van der Waals surface area contributed by atoms with Gasteiger partial charge < -0.3 is 10.1 Å². The van der Waals surface area contributed by atoms with Gasteiger partial charge >= 0.3 is 6.92 Å². The monoisotopic (exact) mass is 240 g/mol. The van der Waals surface area contributed by atoms with Gasteiger partial charge in [-0.05, 0) is 29.8 Å². The summed E-state index contributed by atoms with van der Waals surface area (Å²) in [6.07, 6.45) is 1.73. The quantitative estimate of drug-likeness (QED) is 0.710. The summed E-state index contributed by atoms with van der Waals surface area (Å²) < 4.78 is 0.933. The second kappa shape index (κ2) is 3.44. The van der Waals surface area contributed by atoms with Crippen molar-refractivity contribution in [2.24, 2.45) is 0 Å². The lowest BCUT2D eigenvalue weighted by atomic mass is 9.63. The Kier molecular flexibility index (Phi) is 2.45. The van der Waals surface area contributed by atoms with E-state index in [0.717, 1.165) is 28.2 Å². The lowest BCUT2D eigenvalue weighted by Crippen LogP contribution is -2.26. The molecule has 0 saturated heterocycles. The summed E-state index contributed by atoms with van der Waals surface area (Å²) in [7, 11) is 0. The maximum absolute atomic E-state index is 9.60. The molecular weight excluding hydrogens is 231 g/mol. The number of aliphatic hydroxyl groups excluding tert-OH is 1. The molecule has 0 amide bonds. The molecule has 1 aromatic rings. The van der Waals surface area contributed by atoms with Crippen LogP contribution in [0.2, 0.25) is 6.32 Å². The zero-order chi connectivity index (χ0) is 9.42. The molecule has 0 spiro atoms. The predicted molar refractivity (Wildman–Crippen MR) is 56.2 cm³/mol. The molecule has 0 saturated carbocycles. The van der Waals surface area contributed by atoms with Crippen LogP contribution in [0, 0.1) is 0 Å². The molecule has 2 rings (SSSR count). The van der Waals surface area contributed by atoms with E-state index in [1.807, 2.05) is 12.1 Å². The van der Waals surface area contributed by atoms with Crippen LogP contribution in [0.3, 0.4) is 0 Å². The van der Waals surface area contributed by atoms with Crippen LogP contribution in [0.15, 0.2) is 16.6 Å². The summed E-state index contributed by atoms with van der Waals surface area (Å²) in [5.41, 5.74) is 3.02. The van der Waals surface area contributed by atoms with E-state index in [2.05, 4.69) is 15.9 Å². The first-order chi connectivity index (χ1) is 6.22. The van der Waals surface area contributed by atoms with Crippen LogP contribution in [-0.4, -0.2) is 17.0 Å². The van der Waals surface area contributed by atoms with E-state index in [-0.39, 0.29) is 13.5 Å². The Morgan fingerprint density at radius 2 is 2.23 bits per heavy atom. The highest BCUT2D eigenvalue weighted by Crippen LogP contribution is 2.22. The Balaban J connectivity index is 2.51. The van der Waals surface area contributed by atoms with Crippen molar-refractivity contribution in [3.63, 3.8) is 0 Å². The van der Waals surface area contributed by atoms with E-state index in [0.29, 0.717) is 0 Å². The van der Waals surface area contributed by atoms with E-state index >= 15 is 0 Å². The Labute approximate surface area is 85.8 Å². The van der Waals surface area contributed by atoms with Gasteiger partial charge in [-0.3, -0.25) is 0 Å². The van der Waals surface area contributed by atoms with Crippen molar-refractivity contribution < 1.29 is 10.1 Å². The van der Waals surface area contributed by atoms with Crippen LogP contribution in [0.1, 0.15) is 11.1 Å². The number of hydrogen-bond acceptors (Lipinski definition) is 2. The molecular formula is C9H10BBrO2. The zero-order valence-corrected chi connectivity index (χ0v) is 8.71. The first-order valence-corrected chi connectivity index (χ1v) is 5.12. The van der Waals surface area contributed by atoms with E-state index in [1.54, 1.807) is 0 Å². The van der Waals surface area contributed by atoms with Crippen molar-refractivity contribution in [2.45, 2.75) is 19.3 Å². The van der Waals surface area contributed by atoms with E-state index in [1.165, 1.54) is 5.56 Å². The number of benzene rings is 1. The van der Waals surface area contributed by atoms with Gasteiger partial charge in [-0.25, -0.2) is 0 Å². The molecule has 13 heavy (non-hydrogen) atoms. The normalized spacial score (nSPS) is 14.8. The van der Waals surface area contributed by atoms with Crippen molar-refractivity contribution in [3.8, 4) is 0 Å². The average Bonchev–Trinajstić information content (AvgIpc) is 2.46. The molecule has 0 fully saturated rings. The minimum atomic E-state index is -0.339. The van der Waals surface area contributed by atoms with Gasteiger partial charge in [-0.2, -0.15) is 0 Å². The minimum absolute atomic E-state index is 0.0145. The second-order valence-corrected chi connectivity index (χ2v) is 4.21. The molecule has 68 valence electrons. The molecule has 1 aliphatic rings. The fourth-order valence-electron chi connectivity index (χ4n) is 1.77. The van der Waals surface area contributed by atoms with Gasteiger partial charge in [0, 0.05) is 4.47 Å². The van der Waals surface area contributed by atoms with Crippen LogP contribution in [0.25, 0.3) is 0 Å². The highest BCUT2D eigenvalue weighted by molar-refractivity contribution is 9.10. The summed E-state index contributed by atoms with van der Waals surface area (Å²) in [5, 5.41) is 18.6.